The molecule has 0 saturated carbocycles. The number of rotatable bonds is 3. The minimum Gasteiger partial charge on any atom is -0.496 e. The summed E-state index contributed by atoms with van der Waals surface area (Å²) in [4.78, 5) is 10.5. The zero-order valence-corrected chi connectivity index (χ0v) is 8.33. The summed E-state index contributed by atoms with van der Waals surface area (Å²) in [6.07, 6.45) is 0. The fourth-order valence-corrected chi connectivity index (χ4v) is 1.23. The lowest BCUT2D eigenvalue weighted by atomic mass is 10.1. The molecule has 3 N–H and O–H groups in total. The van der Waals surface area contributed by atoms with E-state index in [0.29, 0.717) is 6.54 Å². The van der Waals surface area contributed by atoms with Gasteiger partial charge in [0.25, 0.3) is 0 Å². The largest absolute Gasteiger partial charge is 0.496 e. The lowest BCUT2D eigenvalue weighted by molar-refractivity contribution is 0.248. The predicted molar refractivity (Wildman–Crippen MR) is 54.2 cm³/mol. The third-order valence-electron chi connectivity index (χ3n) is 1.89. The van der Waals surface area contributed by atoms with Gasteiger partial charge in [-0.1, -0.05) is 17.7 Å². The van der Waals surface area contributed by atoms with Gasteiger partial charge in [-0.05, 0) is 13.0 Å². The van der Waals surface area contributed by atoms with Crippen molar-refractivity contribution in [3.63, 3.8) is 0 Å². The van der Waals surface area contributed by atoms with Gasteiger partial charge in [0.2, 0.25) is 0 Å². The highest BCUT2D eigenvalue weighted by Crippen LogP contribution is 2.18. The van der Waals surface area contributed by atoms with E-state index in [1.165, 1.54) is 0 Å². The van der Waals surface area contributed by atoms with Crippen LogP contribution in [0.1, 0.15) is 11.1 Å². The van der Waals surface area contributed by atoms with Crippen molar-refractivity contribution in [2.45, 2.75) is 13.5 Å². The average molecular weight is 194 g/mol. The van der Waals surface area contributed by atoms with Crippen molar-refractivity contribution in [3.8, 4) is 5.75 Å². The van der Waals surface area contributed by atoms with Crippen molar-refractivity contribution >= 4 is 6.03 Å². The van der Waals surface area contributed by atoms with Gasteiger partial charge in [0.1, 0.15) is 5.75 Å². The van der Waals surface area contributed by atoms with Crippen LogP contribution in [0.4, 0.5) is 4.79 Å². The molecule has 1 aromatic carbocycles. The van der Waals surface area contributed by atoms with Gasteiger partial charge >= 0.3 is 6.03 Å². The molecular formula is C10H14N2O2. The Bertz CT molecular complexity index is 337. The Morgan fingerprint density at radius 3 is 2.86 bits per heavy atom. The second-order valence-electron chi connectivity index (χ2n) is 3.03. The lowest BCUT2D eigenvalue weighted by Crippen LogP contribution is -2.28. The molecule has 0 radical (unpaired) electrons. The highest BCUT2D eigenvalue weighted by Gasteiger charge is 2.03. The summed E-state index contributed by atoms with van der Waals surface area (Å²) >= 11 is 0. The van der Waals surface area contributed by atoms with E-state index in [2.05, 4.69) is 5.32 Å². The maximum absolute atomic E-state index is 10.5. The van der Waals surface area contributed by atoms with Gasteiger partial charge in [-0.2, -0.15) is 0 Å². The number of carbonyl (C=O) groups is 1. The van der Waals surface area contributed by atoms with Gasteiger partial charge in [-0.25, -0.2) is 4.79 Å². The minimum absolute atomic E-state index is 0.389. The van der Waals surface area contributed by atoms with E-state index in [0.717, 1.165) is 16.9 Å². The van der Waals surface area contributed by atoms with E-state index in [4.69, 9.17) is 10.5 Å². The normalized spacial score (nSPS) is 9.57. The Morgan fingerprint density at radius 2 is 2.29 bits per heavy atom. The molecule has 0 saturated heterocycles. The fraction of sp³-hybridized carbons (Fsp3) is 0.300. The van der Waals surface area contributed by atoms with Crippen LogP contribution in [0.15, 0.2) is 18.2 Å². The number of nitrogens with one attached hydrogen (secondary N) is 1. The molecule has 0 aliphatic heterocycles. The predicted octanol–water partition coefficient (Wildman–Crippen LogP) is 1.17. The first-order valence-electron chi connectivity index (χ1n) is 4.30. The Labute approximate surface area is 83.1 Å². The molecule has 2 amide bonds. The minimum atomic E-state index is -0.534. The molecule has 14 heavy (non-hydrogen) atoms. The second kappa shape index (κ2) is 4.50. The first kappa shape index (κ1) is 10.4. The van der Waals surface area contributed by atoms with Crippen molar-refractivity contribution in [1.29, 1.82) is 0 Å². The molecule has 4 nitrogen and oxygen atoms in total. The summed E-state index contributed by atoms with van der Waals surface area (Å²) in [6, 6.07) is 5.24. The van der Waals surface area contributed by atoms with Crippen LogP contribution in [0.3, 0.4) is 0 Å². The zero-order chi connectivity index (χ0) is 10.6. The summed E-state index contributed by atoms with van der Waals surface area (Å²) in [5.41, 5.74) is 7.02. The summed E-state index contributed by atoms with van der Waals surface area (Å²) in [6.45, 7) is 2.37. The topological polar surface area (TPSA) is 64.3 Å². The SMILES string of the molecule is COc1ccc(C)cc1CNC(N)=O. The monoisotopic (exact) mass is 194 g/mol. The Kier molecular flexibility index (Phi) is 3.34. The van der Waals surface area contributed by atoms with Gasteiger partial charge < -0.3 is 15.8 Å². The fourth-order valence-electron chi connectivity index (χ4n) is 1.23. The van der Waals surface area contributed by atoms with E-state index < -0.39 is 6.03 Å². The first-order valence-corrected chi connectivity index (χ1v) is 4.30. The maximum atomic E-state index is 10.5. The van der Waals surface area contributed by atoms with E-state index in [1.54, 1.807) is 7.11 Å². The highest BCUT2D eigenvalue weighted by molar-refractivity contribution is 5.71. The summed E-state index contributed by atoms with van der Waals surface area (Å²) in [5.74, 6) is 0.754. The van der Waals surface area contributed by atoms with Crippen molar-refractivity contribution in [2.75, 3.05) is 7.11 Å². The molecule has 1 aromatic rings. The molecule has 0 aliphatic rings. The molecule has 0 aromatic heterocycles. The van der Waals surface area contributed by atoms with Gasteiger partial charge in [0.15, 0.2) is 0 Å². The molecule has 0 spiro atoms. The number of urea groups is 1. The first-order chi connectivity index (χ1) is 6.63. The van der Waals surface area contributed by atoms with Crippen molar-refractivity contribution in [1.82, 2.24) is 5.32 Å². The summed E-state index contributed by atoms with van der Waals surface area (Å²) < 4.78 is 5.14. The van der Waals surface area contributed by atoms with Gasteiger partial charge in [-0.15, -0.1) is 0 Å². The number of carbonyl (C=O) groups excluding carboxylic acids is 1. The number of amides is 2. The Hall–Kier alpha value is -1.71. The molecule has 0 heterocycles. The quantitative estimate of drug-likeness (QED) is 0.758. The number of benzene rings is 1. The van der Waals surface area contributed by atoms with Gasteiger partial charge in [0, 0.05) is 12.1 Å². The molecule has 4 heteroatoms. The third-order valence-corrected chi connectivity index (χ3v) is 1.89. The van der Waals surface area contributed by atoms with Gasteiger partial charge in [-0.3, -0.25) is 0 Å². The number of hydrogen-bond donors (Lipinski definition) is 2. The Balaban J connectivity index is 2.82. The van der Waals surface area contributed by atoms with E-state index in [9.17, 15) is 4.79 Å². The van der Waals surface area contributed by atoms with Crippen LogP contribution in [-0.2, 0) is 6.54 Å². The number of nitrogens with two attached hydrogens (primary N) is 1. The number of aryl methyl sites for hydroxylation is 1. The van der Waals surface area contributed by atoms with Crippen molar-refractivity contribution < 1.29 is 9.53 Å². The van der Waals surface area contributed by atoms with Crippen molar-refractivity contribution in [2.24, 2.45) is 5.73 Å². The van der Waals surface area contributed by atoms with Crippen LogP contribution in [0.2, 0.25) is 0 Å². The number of ether oxygens (including phenoxy) is 1. The zero-order valence-electron chi connectivity index (χ0n) is 8.33. The number of hydrogen-bond acceptors (Lipinski definition) is 2. The van der Waals surface area contributed by atoms with Crippen LogP contribution < -0.4 is 15.8 Å². The molecule has 0 atom stereocenters. The van der Waals surface area contributed by atoms with E-state index in [1.807, 2.05) is 25.1 Å². The third kappa shape index (κ3) is 2.65. The molecule has 0 bridgehead atoms. The molecule has 0 unspecified atom stereocenters. The van der Waals surface area contributed by atoms with E-state index in [-0.39, 0.29) is 0 Å². The molecular weight excluding hydrogens is 180 g/mol. The smallest absolute Gasteiger partial charge is 0.312 e. The van der Waals surface area contributed by atoms with Crippen LogP contribution in [-0.4, -0.2) is 13.1 Å². The van der Waals surface area contributed by atoms with Crippen LogP contribution in [0.25, 0.3) is 0 Å². The maximum Gasteiger partial charge on any atom is 0.312 e. The standard InChI is InChI=1S/C10H14N2O2/c1-7-3-4-9(14-2)8(5-7)6-12-10(11)13/h3-5H,6H2,1-2H3,(H3,11,12,13). The number of primary amides is 1. The molecule has 0 aliphatic carbocycles. The van der Waals surface area contributed by atoms with Crippen LogP contribution in [0.5, 0.6) is 5.75 Å². The summed E-state index contributed by atoms with van der Waals surface area (Å²) in [5, 5.41) is 2.52. The molecule has 76 valence electrons. The summed E-state index contributed by atoms with van der Waals surface area (Å²) in [7, 11) is 1.60. The average Bonchev–Trinajstić information content (AvgIpc) is 2.15. The lowest BCUT2D eigenvalue weighted by Gasteiger charge is -2.09. The van der Waals surface area contributed by atoms with E-state index >= 15 is 0 Å². The molecule has 0 fully saturated rings. The number of methoxy groups -OCH3 is 1. The molecule has 1 rings (SSSR count). The Morgan fingerprint density at radius 1 is 1.57 bits per heavy atom. The van der Waals surface area contributed by atoms with Crippen LogP contribution >= 0.6 is 0 Å². The van der Waals surface area contributed by atoms with Crippen molar-refractivity contribution in [3.05, 3.63) is 29.3 Å². The van der Waals surface area contributed by atoms with Gasteiger partial charge in [0.05, 0.1) is 7.11 Å². The van der Waals surface area contributed by atoms with Crippen LogP contribution in [0, 0.1) is 6.92 Å². The second-order valence-corrected chi connectivity index (χ2v) is 3.03. The highest BCUT2D eigenvalue weighted by atomic mass is 16.5.